The molecule has 1 aromatic heterocycles. The number of fused-ring (bicyclic) bond motifs is 1. The summed E-state index contributed by atoms with van der Waals surface area (Å²) in [6.07, 6.45) is 0. The van der Waals surface area contributed by atoms with Crippen molar-refractivity contribution in [2.45, 2.75) is 0 Å². The molecule has 17 heavy (non-hydrogen) atoms. The molecule has 4 nitrogen and oxygen atoms in total. The molecule has 1 aliphatic rings. The van der Waals surface area contributed by atoms with Crippen LogP contribution in [-0.2, 0) is 0 Å². The van der Waals surface area contributed by atoms with Crippen LogP contribution in [0.5, 0.6) is 17.2 Å². The van der Waals surface area contributed by atoms with Gasteiger partial charge in [-0.15, -0.1) is 11.3 Å². The van der Waals surface area contributed by atoms with Gasteiger partial charge in [0.25, 0.3) is 0 Å². The summed E-state index contributed by atoms with van der Waals surface area (Å²) < 4.78 is 15.6. The van der Waals surface area contributed by atoms with Crippen LogP contribution in [0.1, 0.15) is 9.67 Å². The van der Waals surface area contributed by atoms with E-state index in [0.29, 0.717) is 22.1 Å². The van der Waals surface area contributed by atoms with Crippen LogP contribution in [0.3, 0.4) is 0 Å². The molecule has 0 unspecified atom stereocenters. The second kappa shape index (κ2) is 4.10. The molecule has 3 rings (SSSR count). The Morgan fingerprint density at radius 3 is 2.88 bits per heavy atom. The van der Waals surface area contributed by atoms with Crippen molar-refractivity contribution in [1.29, 1.82) is 0 Å². The predicted octanol–water partition coefficient (Wildman–Crippen LogP) is 2.70. The van der Waals surface area contributed by atoms with E-state index < -0.39 is 5.97 Å². The first kappa shape index (κ1) is 10.2. The first-order valence-electron chi connectivity index (χ1n) is 4.99. The van der Waals surface area contributed by atoms with Gasteiger partial charge in [-0.05, 0) is 12.1 Å². The SMILES string of the molecule is O=C(Oc1ccccc1)c1scc2c1OCO2. The number of thiophene rings is 1. The Balaban J connectivity index is 1.83. The lowest BCUT2D eigenvalue weighted by atomic mass is 10.3. The summed E-state index contributed by atoms with van der Waals surface area (Å²) in [7, 11) is 0. The minimum atomic E-state index is -0.423. The van der Waals surface area contributed by atoms with Crippen LogP contribution in [0.2, 0.25) is 0 Å². The first-order chi connectivity index (χ1) is 8.34. The van der Waals surface area contributed by atoms with Crippen molar-refractivity contribution in [2.75, 3.05) is 6.79 Å². The van der Waals surface area contributed by atoms with E-state index in [4.69, 9.17) is 14.2 Å². The number of ether oxygens (including phenoxy) is 3. The van der Waals surface area contributed by atoms with Crippen molar-refractivity contribution in [3.63, 3.8) is 0 Å². The van der Waals surface area contributed by atoms with Crippen LogP contribution in [0.4, 0.5) is 0 Å². The molecule has 0 amide bonds. The van der Waals surface area contributed by atoms with Gasteiger partial charge in [0.2, 0.25) is 6.79 Å². The maximum absolute atomic E-state index is 11.9. The van der Waals surface area contributed by atoms with Crippen molar-refractivity contribution in [2.24, 2.45) is 0 Å². The maximum atomic E-state index is 11.9. The lowest BCUT2D eigenvalue weighted by Crippen LogP contribution is -2.07. The summed E-state index contributed by atoms with van der Waals surface area (Å²) >= 11 is 1.25. The Labute approximate surface area is 101 Å². The standard InChI is InChI=1S/C12H8O4S/c13-12(16-8-4-2-1-3-5-8)11-10-9(6-17-11)14-7-15-10/h1-6H,7H2. The molecule has 1 aromatic carbocycles. The third-order valence-corrected chi connectivity index (χ3v) is 3.19. The maximum Gasteiger partial charge on any atom is 0.357 e. The van der Waals surface area contributed by atoms with Gasteiger partial charge < -0.3 is 14.2 Å². The fraction of sp³-hybridized carbons (Fsp3) is 0.0833. The molecule has 2 aromatic rings. The van der Waals surface area contributed by atoms with E-state index in [0.717, 1.165) is 0 Å². The Kier molecular flexibility index (Phi) is 2.45. The zero-order valence-corrected chi connectivity index (χ0v) is 9.53. The number of esters is 1. The first-order valence-corrected chi connectivity index (χ1v) is 5.87. The minimum Gasteiger partial charge on any atom is -0.453 e. The Hall–Kier alpha value is -2.01. The number of carbonyl (C=O) groups is 1. The molecule has 86 valence electrons. The number of benzene rings is 1. The van der Waals surface area contributed by atoms with E-state index >= 15 is 0 Å². The molecule has 0 atom stereocenters. The molecule has 0 radical (unpaired) electrons. The molecule has 0 bridgehead atoms. The van der Waals surface area contributed by atoms with Gasteiger partial charge in [0.15, 0.2) is 16.4 Å². The normalized spacial score (nSPS) is 12.5. The molecule has 0 saturated carbocycles. The van der Waals surface area contributed by atoms with E-state index in [1.165, 1.54) is 11.3 Å². The Bertz CT molecular complexity index is 547. The molecular weight excluding hydrogens is 240 g/mol. The van der Waals surface area contributed by atoms with Crippen LogP contribution >= 0.6 is 11.3 Å². The highest BCUT2D eigenvalue weighted by Gasteiger charge is 2.26. The lowest BCUT2D eigenvalue weighted by Gasteiger charge is -2.02. The molecule has 5 heteroatoms. The van der Waals surface area contributed by atoms with Gasteiger partial charge in [0, 0.05) is 5.38 Å². The third-order valence-electron chi connectivity index (χ3n) is 2.27. The fourth-order valence-corrected chi connectivity index (χ4v) is 2.31. The minimum absolute atomic E-state index is 0.157. The smallest absolute Gasteiger partial charge is 0.357 e. The lowest BCUT2D eigenvalue weighted by molar-refractivity contribution is 0.0735. The molecule has 0 spiro atoms. The molecule has 0 N–H and O–H groups in total. The van der Waals surface area contributed by atoms with Gasteiger partial charge in [0.1, 0.15) is 5.75 Å². The van der Waals surface area contributed by atoms with Crippen LogP contribution in [0, 0.1) is 0 Å². The number of carbonyl (C=O) groups excluding carboxylic acids is 1. The largest absolute Gasteiger partial charge is 0.453 e. The van der Waals surface area contributed by atoms with Gasteiger partial charge in [0.05, 0.1) is 0 Å². The third kappa shape index (κ3) is 1.85. The number of hydrogen-bond acceptors (Lipinski definition) is 5. The average Bonchev–Trinajstić information content (AvgIpc) is 2.91. The highest BCUT2D eigenvalue weighted by atomic mass is 32.1. The van der Waals surface area contributed by atoms with Crippen LogP contribution in [0.15, 0.2) is 35.7 Å². The summed E-state index contributed by atoms with van der Waals surface area (Å²) in [4.78, 5) is 12.3. The van der Waals surface area contributed by atoms with Gasteiger partial charge in [-0.2, -0.15) is 0 Å². The molecule has 0 fully saturated rings. The molecule has 0 aliphatic carbocycles. The predicted molar refractivity (Wildman–Crippen MR) is 61.8 cm³/mol. The van der Waals surface area contributed by atoms with Gasteiger partial charge in [-0.25, -0.2) is 4.79 Å². The fourth-order valence-electron chi connectivity index (χ4n) is 1.50. The molecular formula is C12H8O4S. The van der Waals surface area contributed by atoms with Crippen LogP contribution in [0.25, 0.3) is 0 Å². The van der Waals surface area contributed by atoms with E-state index in [1.54, 1.807) is 29.6 Å². The van der Waals surface area contributed by atoms with Crippen molar-refractivity contribution < 1.29 is 19.0 Å². The van der Waals surface area contributed by atoms with E-state index in [9.17, 15) is 4.79 Å². The number of hydrogen-bond donors (Lipinski definition) is 0. The van der Waals surface area contributed by atoms with E-state index in [2.05, 4.69) is 0 Å². The van der Waals surface area contributed by atoms with Gasteiger partial charge in [-0.3, -0.25) is 0 Å². The highest BCUT2D eigenvalue weighted by molar-refractivity contribution is 7.12. The molecule has 2 heterocycles. The summed E-state index contributed by atoms with van der Waals surface area (Å²) in [6.45, 7) is 0.157. The zero-order chi connectivity index (χ0) is 11.7. The van der Waals surface area contributed by atoms with Crippen molar-refractivity contribution in [3.05, 3.63) is 40.6 Å². The van der Waals surface area contributed by atoms with Crippen molar-refractivity contribution in [1.82, 2.24) is 0 Å². The number of para-hydroxylation sites is 1. The summed E-state index contributed by atoms with van der Waals surface area (Å²) in [5.74, 6) is 1.18. The zero-order valence-electron chi connectivity index (χ0n) is 8.71. The summed E-state index contributed by atoms with van der Waals surface area (Å²) in [6, 6.07) is 8.92. The molecule has 0 saturated heterocycles. The monoisotopic (exact) mass is 248 g/mol. The van der Waals surface area contributed by atoms with E-state index in [-0.39, 0.29) is 6.79 Å². The topological polar surface area (TPSA) is 44.8 Å². The van der Waals surface area contributed by atoms with Crippen LogP contribution < -0.4 is 14.2 Å². The number of rotatable bonds is 2. The second-order valence-electron chi connectivity index (χ2n) is 3.37. The van der Waals surface area contributed by atoms with Crippen molar-refractivity contribution in [3.8, 4) is 17.2 Å². The van der Waals surface area contributed by atoms with Gasteiger partial charge >= 0.3 is 5.97 Å². The van der Waals surface area contributed by atoms with Crippen molar-refractivity contribution >= 4 is 17.3 Å². The Morgan fingerprint density at radius 2 is 2.06 bits per heavy atom. The van der Waals surface area contributed by atoms with Gasteiger partial charge in [-0.1, -0.05) is 18.2 Å². The highest BCUT2D eigenvalue weighted by Crippen LogP contribution is 2.41. The van der Waals surface area contributed by atoms with E-state index in [1.807, 2.05) is 6.07 Å². The second-order valence-corrected chi connectivity index (χ2v) is 4.25. The summed E-state index contributed by atoms with van der Waals surface area (Å²) in [5, 5.41) is 1.74. The average molecular weight is 248 g/mol. The Morgan fingerprint density at radius 1 is 1.24 bits per heavy atom. The summed E-state index contributed by atoms with van der Waals surface area (Å²) in [5.41, 5.74) is 0. The van der Waals surface area contributed by atoms with Crippen LogP contribution in [-0.4, -0.2) is 12.8 Å². The quantitative estimate of drug-likeness (QED) is 0.605. The molecule has 1 aliphatic heterocycles.